The maximum Gasteiger partial charge on any atom is 0.163 e. The van der Waals surface area contributed by atoms with E-state index in [4.69, 9.17) is 10.7 Å². The highest BCUT2D eigenvalue weighted by Gasteiger charge is 2.33. The molecule has 1 aromatic carbocycles. The van der Waals surface area contributed by atoms with Crippen LogP contribution in [0.3, 0.4) is 0 Å². The summed E-state index contributed by atoms with van der Waals surface area (Å²) in [5.74, 6) is 2.15. The van der Waals surface area contributed by atoms with Crippen LogP contribution in [-0.2, 0) is 0 Å². The number of nitrogens with zero attached hydrogens (tertiary/aromatic N) is 3. The highest BCUT2D eigenvalue weighted by atomic mass is 15.3. The number of hydrogen-bond acceptors (Lipinski definition) is 4. The van der Waals surface area contributed by atoms with Crippen molar-refractivity contribution in [3.63, 3.8) is 0 Å². The number of anilines is 2. The van der Waals surface area contributed by atoms with E-state index in [1.807, 2.05) is 36.4 Å². The minimum Gasteiger partial charge on any atom is -0.384 e. The van der Waals surface area contributed by atoms with E-state index in [1.54, 1.807) is 0 Å². The van der Waals surface area contributed by atoms with Gasteiger partial charge in [-0.15, -0.1) is 0 Å². The first-order valence-electron chi connectivity index (χ1n) is 7.04. The van der Waals surface area contributed by atoms with Crippen molar-refractivity contribution in [1.82, 2.24) is 9.97 Å². The third-order valence-electron chi connectivity index (χ3n) is 3.94. The quantitative estimate of drug-likeness (QED) is 0.909. The molecule has 4 heteroatoms. The molecule has 2 aromatic rings. The average Bonchev–Trinajstić information content (AvgIpc) is 2.79. The highest BCUT2D eigenvalue weighted by Crippen LogP contribution is 2.33. The average molecular weight is 268 g/mol. The van der Waals surface area contributed by atoms with Gasteiger partial charge in [0.15, 0.2) is 5.82 Å². The van der Waals surface area contributed by atoms with Gasteiger partial charge in [0.25, 0.3) is 0 Å². The Hall–Kier alpha value is -2.10. The Morgan fingerprint density at radius 3 is 2.55 bits per heavy atom. The fourth-order valence-corrected chi connectivity index (χ4v) is 2.84. The zero-order valence-corrected chi connectivity index (χ0v) is 12.0. The van der Waals surface area contributed by atoms with Crippen LogP contribution >= 0.6 is 0 Å². The lowest BCUT2D eigenvalue weighted by Gasteiger charge is -2.32. The molecule has 0 atom stereocenters. The van der Waals surface area contributed by atoms with Crippen molar-refractivity contribution in [3.05, 3.63) is 36.4 Å². The third kappa shape index (κ3) is 2.33. The monoisotopic (exact) mass is 268 g/mol. The lowest BCUT2D eigenvalue weighted by molar-refractivity contribution is 0.514. The summed E-state index contributed by atoms with van der Waals surface area (Å²) < 4.78 is 0. The van der Waals surface area contributed by atoms with Gasteiger partial charge in [-0.05, 0) is 26.7 Å². The standard InChI is InChI=1S/C16H20N4/c1-16(2)9-6-10-20(16)14-11-13(17)18-15(19-14)12-7-4-3-5-8-12/h3-5,7-8,11H,6,9-10H2,1-2H3,(H2,17,18,19). The first kappa shape index (κ1) is 12.9. The Labute approximate surface area is 119 Å². The molecule has 1 fully saturated rings. The van der Waals surface area contributed by atoms with Crippen LogP contribution < -0.4 is 10.6 Å². The summed E-state index contributed by atoms with van der Waals surface area (Å²) in [6, 6.07) is 11.9. The fraction of sp³-hybridized carbons (Fsp3) is 0.375. The molecular formula is C16H20N4. The smallest absolute Gasteiger partial charge is 0.163 e. The molecule has 4 nitrogen and oxygen atoms in total. The van der Waals surface area contributed by atoms with Crippen LogP contribution in [-0.4, -0.2) is 22.1 Å². The molecule has 0 spiro atoms. The minimum absolute atomic E-state index is 0.134. The molecule has 2 N–H and O–H groups in total. The molecule has 104 valence electrons. The predicted molar refractivity (Wildman–Crippen MR) is 82.5 cm³/mol. The van der Waals surface area contributed by atoms with Crippen molar-refractivity contribution in [3.8, 4) is 11.4 Å². The molecule has 1 aliphatic heterocycles. The summed E-state index contributed by atoms with van der Waals surface area (Å²) in [6.07, 6.45) is 2.37. The van der Waals surface area contributed by atoms with Gasteiger partial charge >= 0.3 is 0 Å². The van der Waals surface area contributed by atoms with Gasteiger partial charge in [-0.1, -0.05) is 30.3 Å². The molecule has 0 bridgehead atoms. The van der Waals surface area contributed by atoms with Crippen LogP contribution in [0.5, 0.6) is 0 Å². The van der Waals surface area contributed by atoms with Crippen LogP contribution in [0.15, 0.2) is 36.4 Å². The van der Waals surface area contributed by atoms with Crippen molar-refractivity contribution in [1.29, 1.82) is 0 Å². The summed E-state index contributed by atoms with van der Waals surface area (Å²) >= 11 is 0. The molecule has 20 heavy (non-hydrogen) atoms. The normalized spacial score (nSPS) is 17.4. The minimum atomic E-state index is 0.134. The largest absolute Gasteiger partial charge is 0.384 e. The second-order valence-electron chi connectivity index (χ2n) is 5.91. The fourth-order valence-electron chi connectivity index (χ4n) is 2.84. The molecule has 0 unspecified atom stereocenters. The highest BCUT2D eigenvalue weighted by molar-refractivity contribution is 5.61. The van der Waals surface area contributed by atoms with Crippen molar-refractivity contribution in [2.45, 2.75) is 32.2 Å². The van der Waals surface area contributed by atoms with Crippen LogP contribution in [0.25, 0.3) is 11.4 Å². The molecule has 1 aromatic heterocycles. The Bertz CT molecular complexity index is 607. The topological polar surface area (TPSA) is 55.0 Å². The van der Waals surface area contributed by atoms with Gasteiger partial charge < -0.3 is 10.6 Å². The summed E-state index contributed by atoms with van der Waals surface area (Å²) in [6.45, 7) is 5.53. The lowest BCUT2D eigenvalue weighted by Crippen LogP contribution is -2.38. The van der Waals surface area contributed by atoms with E-state index in [2.05, 4.69) is 23.7 Å². The number of hydrogen-bond donors (Lipinski definition) is 1. The Morgan fingerprint density at radius 1 is 1.15 bits per heavy atom. The van der Waals surface area contributed by atoms with E-state index in [1.165, 1.54) is 12.8 Å². The summed E-state index contributed by atoms with van der Waals surface area (Å²) in [4.78, 5) is 11.4. The zero-order chi connectivity index (χ0) is 14.2. The van der Waals surface area contributed by atoms with Gasteiger partial charge in [0.2, 0.25) is 0 Å². The van der Waals surface area contributed by atoms with E-state index < -0.39 is 0 Å². The van der Waals surface area contributed by atoms with Crippen molar-refractivity contribution >= 4 is 11.6 Å². The number of aromatic nitrogens is 2. The van der Waals surface area contributed by atoms with Crippen molar-refractivity contribution < 1.29 is 0 Å². The zero-order valence-electron chi connectivity index (χ0n) is 12.0. The second-order valence-corrected chi connectivity index (χ2v) is 5.91. The van der Waals surface area contributed by atoms with E-state index >= 15 is 0 Å². The Balaban J connectivity index is 2.04. The number of benzene rings is 1. The Kier molecular flexibility index (Phi) is 3.08. The van der Waals surface area contributed by atoms with Crippen molar-refractivity contribution in [2.24, 2.45) is 0 Å². The van der Waals surface area contributed by atoms with Gasteiger partial charge in [-0.25, -0.2) is 9.97 Å². The van der Waals surface area contributed by atoms with E-state index in [9.17, 15) is 0 Å². The van der Waals surface area contributed by atoms with E-state index in [0.29, 0.717) is 11.6 Å². The number of nitrogens with two attached hydrogens (primary N) is 1. The van der Waals surface area contributed by atoms with Crippen LogP contribution in [0.4, 0.5) is 11.6 Å². The summed E-state index contributed by atoms with van der Waals surface area (Å²) in [5.41, 5.74) is 7.11. The first-order valence-corrected chi connectivity index (χ1v) is 7.04. The molecular weight excluding hydrogens is 248 g/mol. The molecule has 0 saturated carbocycles. The first-order chi connectivity index (χ1) is 9.56. The number of nitrogen functional groups attached to an aromatic ring is 1. The molecule has 0 aliphatic carbocycles. The maximum atomic E-state index is 5.98. The summed E-state index contributed by atoms with van der Waals surface area (Å²) in [7, 11) is 0. The van der Waals surface area contributed by atoms with Crippen molar-refractivity contribution in [2.75, 3.05) is 17.2 Å². The van der Waals surface area contributed by atoms with Gasteiger partial charge in [0.05, 0.1) is 0 Å². The van der Waals surface area contributed by atoms with Gasteiger partial charge in [-0.2, -0.15) is 0 Å². The SMILES string of the molecule is CC1(C)CCCN1c1cc(N)nc(-c2ccccc2)n1. The number of rotatable bonds is 2. The van der Waals surface area contributed by atoms with E-state index in [0.717, 1.165) is 17.9 Å². The van der Waals surface area contributed by atoms with Gasteiger partial charge in [-0.3, -0.25) is 0 Å². The van der Waals surface area contributed by atoms with Gasteiger partial charge in [0.1, 0.15) is 11.6 Å². The van der Waals surface area contributed by atoms with Crippen LogP contribution in [0.1, 0.15) is 26.7 Å². The van der Waals surface area contributed by atoms with E-state index in [-0.39, 0.29) is 5.54 Å². The maximum absolute atomic E-state index is 5.98. The third-order valence-corrected chi connectivity index (χ3v) is 3.94. The molecule has 2 heterocycles. The second kappa shape index (κ2) is 4.78. The molecule has 0 radical (unpaired) electrons. The van der Waals surface area contributed by atoms with Gasteiger partial charge in [0, 0.05) is 23.7 Å². The molecule has 0 amide bonds. The molecule has 3 rings (SSSR count). The molecule has 1 saturated heterocycles. The molecule has 1 aliphatic rings. The van der Waals surface area contributed by atoms with Crippen LogP contribution in [0.2, 0.25) is 0 Å². The Morgan fingerprint density at radius 2 is 1.90 bits per heavy atom. The lowest BCUT2D eigenvalue weighted by atomic mass is 10.0. The summed E-state index contributed by atoms with van der Waals surface area (Å²) in [5, 5.41) is 0. The van der Waals surface area contributed by atoms with Crippen LogP contribution in [0, 0.1) is 0 Å². The predicted octanol–water partition coefficient (Wildman–Crippen LogP) is 3.10.